The van der Waals surface area contributed by atoms with Crippen LogP contribution < -0.4 is 0 Å². The maximum absolute atomic E-state index is 5.91. The smallest absolute Gasteiger partial charge is 0.0534 e. The molecule has 1 saturated heterocycles. The van der Waals surface area contributed by atoms with Gasteiger partial charge in [0.05, 0.1) is 6.20 Å². The second-order valence-electron chi connectivity index (χ2n) is 3.94. The highest BCUT2D eigenvalue weighted by Crippen LogP contribution is 2.20. The molecule has 78 valence electrons. The molecule has 0 aliphatic carbocycles. The van der Waals surface area contributed by atoms with Crippen molar-refractivity contribution in [1.82, 2.24) is 14.7 Å². The summed E-state index contributed by atoms with van der Waals surface area (Å²) in [7, 11) is 1.95. The first-order valence-corrected chi connectivity index (χ1v) is 5.60. The van der Waals surface area contributed by atoms with Crippen molar-refractivity contribution in [3.05, 3.63) is 18.0 Å². The van der Waals surface area contributed by atoms with Crippen LogP contribution in [-0.2, 0) is 13.6 Å². The fourth-order valence-electron chi connectivity index (χ4n) is 2.07. The molecule has 4 heteroatoms. The molecule has 1 aliphatic heterocycles. The van der Waals surface area contributed by atoms with Gasteiger partial charge in [0, 0.05) is 37.3 Å². The Morgan fingerprint density at radius 1 is 1.64 bits per heavy atom. The zero-order valence-corrected chi connectivity index (χ0v) is 9.24. The molecule has 1 fully saturated rings. The van der Waals surface area contributed by atoms with Gasteiger partial charge in [0.25, 0.3) is 0 Å². The number of aromatic nitrogens is 2. The SMILES string of the molecule is Cn1cc(CN2CCCC2CCl)cn1. The van der Waals surface area contributed by atoms with Gasteiger partial charge >= 0.3 is 0 Å². The van der Waals surface area contributed by atoms with E-state index in [2.05, 4.69) is 16.2 Å². The molecule has 3 nitrogen and oxygen atoms in total. The lowest BCUT2D eigenvalue weighted by Gasteiger charge is -2.21. The third-order valence-electron chi connectivity index (χ3n) is 2.82. The third-order valence-corrected chi connectivity index (χ3v) is 3.18. The fraction of sp³-hybridized carbons (Fsp3) is 0.700. The normalized spacial score (nSPS) is 23.1. The Labute approximate surface area is 89.7 Å². The van der Waals surface area contributed by atoms with Gasteiger partial charge in [-0.2, -0.15) is 5.10 Å². The summed E-state index contributed by atoms with van der Waals surface area (Å²) >= 11 is 5.91. The number of nitrogens with zero attached hydrogens (tertiary/aromatic N) is 3. The molecule has 1 aliphatic rings. The van der Waals surface area contributed by atoms with E-state index in [0.717, 1.165) is 12.4 Å². The van der Waals surface area contributed by atoms with Crippen molar-refractivity contribution in [2.24, 2.45) is 7.05 Å². The summed E-state index contributed by atoms with van der Waals surface area (Å²) in [6, 6.07) is 0.567. The van der Waals surface area contributed by atoms with E-state index in [1.807, 2.05) is 17.9 Å². The Balaban J connectivity index is 1.96. The van der Waals surface area contributed by atoms with Crippen molar-refractivity contribution in [1.29, 1.82) is 0 Å². The minimum atomic E-state index is 0.567. The Kier molecular flexibility index (Phi) is 3.08. The Bertz CT molecular complexity index is 297. The van der Waals surface area contributed by atoms with Crippen molar-refractivity contribution in [2.75, 3.05) is 12.4 Å². The van der Waals surface area contributed by atoms with E-state index in [1.54, 1.807) is 0 Å². The van der Waals surface area contributed by atoms with Crippen LogP contribution in [0.1, 0.15) is 18.4 Å². The van der Waals surface area contributed by atoms with Crippen LogP contribution in [0.25, 0.3) is 0 Å². The van der Waals surface area contributed by atoms with E-state index >= 15 is 0 Å². The van der Waals surface area contributed by atoms with Gasteiger partial charge in [-0.05, 0) is 19.4 Å². The average Bonchev–Trinajstić information content (AvgIpc) is 2.76. The highest BCUT2D eigenvalue weighted by molar-refractivity contribution is 6.18. The van der Waals surface area contributed by atoms with E-state index in [1.165, 1.54) is 24.9 Å². The van der Waals surface area contributed by atoms with Crippen molar-refractivity contribution >= 4 is 11.6 Å². The average molecular weight is 214 g/mol. The van der Waals surface area contributed by atoms with Gasteiger partial charge < -0.3 is 0 Å². The number of hydrogen-bond donors (Lipinski definition) is 0. The minimum Gasteiger partial charge on any atom is -0.295 e. The summed E-state index contributed by atoms with van der Waals surface area (Å²) in [4.78, 5) is 2.45. The molecule has 0 saturated carbocycles. The molecule has 0 N–H and O–H groups in total. The molecule has 0 radical (unpaired) electrons. The molecule has 0 bridgehead atoms. The molecule has 2 rings (SSSR count). The van der Waals surface area contributed by atoms with E-state index in [9.17, 15) is 0 Å². The van der Waals surface area contributed by atoms with Crippen molar-refractivity contribution in [3.63, 3.8) is 0 Å². The number of likely N-dealkylation sites (tertiary alicyclic amines) is 1. The van der Waals surface area contributed by atoms with Crippen molar-refractivity contribution in [3.8, 4) is 0 Å². The molecule has 0 amide bonds. The van der Waals surface area contributed by atoms with Crippen LogP contribution in [0, 0.1) is 0 Å². The van der Waals surface area contributed by atoms with Crippen LogP contribution >= 0.6 is 11.6 Å². The predicted octanol–water partition coefficient (Wildman–Crippen LogP) is 1.62. The molecular weight excluding hydrogens is 198 g/mol. The van der Waals surface area contributed by atoms with Crippen LogP contribution in [0.4, 0.5) is 0 Å². The minimum absolute atomic E-state index is 0.567. The largest absolute Gasteiger partial charge is 0.295 e. The zero-order chi connectivity index (χ0) is 9.97. The van der Waals surface area contributed by atoms with Crippen LogP contribution in [0.15, 0.2) is 12.4 Å². The maximum Gasteiger partial charge on any atom is 0.0534 e. The van der Waals surface area contributed by atoms with E-state index in [4.69, 9.17) is 11.6 Å². The second kappa shape index (κ2) is 4.32. The summed E-state index contributed by atoms with van der Waals surface area (Å²) in [5, 5.41) is 4.17. The van der Waals surface area contributed by atoms with E-state index < -0.39 is 0 Å². The van der Waals surface area contributed by atoms with E-state index in [-0.39, 0.29) is 0 Å². The number of rotatable bonds is 3. The van der Waals surface area contributed by atoms with Gasteiger partial charge in [-0.1, -0.05) is 0 Å². The number of halogens is 1. The summed E-state index contributed by atoms with van der Waals surface area (Å²) in [5.41, 5.74) is 1.28. The first-order valence-electron chi connectivity index (χ1n) is 5.07. The lowest BCUT2D eigenvalue weighted by atomic mass is 10.2. The van der Waals surface area contributed by atoms with Crippen molar-refractivity contribution in [2.45, 2.75) is 25.4 Å². The Morgan fingerprint density at radius 2 is 2.50 bits per heavy atom. The first-order chi connectivity index (χ1) is 6.79. The number of alkyl halides is 1. The van der Waals surface area contributed by atoms with Gasteiger partial charge in [-0.25, -0.2) is 0 Å². The number of hydrogen-bond acceptors (Lipinski definition) is 2. The van der Waals surface area contributed by atoms with Gasteiger partial charge in [0.2, 0.25) is 0 Å². The maximum atomic E-state index is 5.91. The zero-order valence-electron chi connectivity index (χ0n) is 8.49. The molecule has 2 heterocycles. The molecule has 1 atom stereocenters. The van der Waals surface area contributed by atoms with E-state index in [0.29, 0.717) is 6.04 Å². The van der Waals surface area contributed by atoms with Crippen LogP contribution in [0.5, 0.6) is 0 Å². The summed E-state index contributed by atoms with van der Waals surface area (Å²) in [6.45, 7) is 2.16. The van der Waals surface area contributed by atoms with Gasteiger partial charge in [-0.3, -0.25) is 9.58 Å². The lowest BCUT2D eigenvalue weighted by molar-refractivity contribution is 0.263. The lowest BCUT2D eigenvalue weighted by Crippen LogP contribution is -2.29. The highest BCUT2D eigenvalue weighted by atomic mass is 35.5. The summed E-state index contributed by atoms with van der Waals surface area (Å²) in [6.07, 6.45) is 6.52. The molecular formula is C10H16ClN3. The van der Waals surface area contributed by atoms with Gasteiger partial charge in [0.15, 0.2) is 0 Å². The number of aryl methyl sites for hydroxylation is 1. The van der Waals surface area contributed by atoms with Crippen LogP contribution in [-0.4, -0.2) is 33.1 Å². The molecule has 0 aromatic carbocycles. The predicted molar refractivity (Wildman–Crippen MR) is 57.4 cm³/mol. The molecule has 1 aromatic heterocycles. The topological polar surface area (TPSA) is 21.1 Å². The van der Waals surface area contributed by atoms with Gasteiger partial charge in [0.1, 0.15) is 0 Å². The molecule has 14 heavy (non-hydrogen) atoms. The quantitative estimate of drug-likeness (QED) is 0.712. The molecule has 1 aromatic rings. The van der Waals surface area contributed by atoms with Crippen molar-refractivity contribution < 1.29 is 0 Å². The highest BCUT2D eigenvalue weighted by Gasteiger charge is 2.23. The molecule has 1 unspecified atom stereocenters. The molecule has 0 spiro atoms. The first kappa shape index (κ1) is 9.99. The second-order valence-corrected chi connectivity index (χ2v) is 4.25. The monoisotopic (exact) mass is 213 g/mol. The fourth-order valence-corrected chi connectivity index (χ4v) is 2.42. The standard InChI is InChI=1S/C10H16ClN3/c1-13-7-9(6-12-13)8-14-4-2-3-10(14)5-11/h6-7,10H,2-5,8H2,1H3. The third kappa shape index (κ3) is 2.10. The van der Waals surface area contributed by atoms with Gasteiger partial charge in [-0.15, -0.1) is 11.6 Å². The Morgan fingerprint density at radius 3 is 3.14 bits per heavy atom. The summed E-state index contributed by atoms with van der Waals surface area (Å²) in [5.74, 6) is 0.750. The summed E-state index contributed by atoms with van der Waals surface area (Å²) < 4.78 is 1.85. The Hall–Kier alpha value is -0.540. The van der Waals surface area contributed by atoms with Crippen LogP contribution in [0.2, 0.25) is 0 Å². The van der Waals surface area contributed by atoms with Crippen LogP contribution in [0.3, 0.4) is 0 Å².